The van der Waals surface area contributed by atoms with Gasteiger partial charge in [0.2, 0.25) is 11.2 Å². The third-order valence-corrected chi connectivity index (χ3v) is 3.11. The van der Waals surface area contributed by atoms with Crippen LogP contribution in [0.5, 0.6) is 0 Å². The minimum Gasteiger partial charge on any atom is -0.618 e. The van der Waals surface area contributed by atoms with Crippen LogP contribution in [0.2, 0.25) is 0 Å². The SMILES string of the molecule is Cc1cccc(-c2ccc3ccccc3[n+]2[O-])c1. The van der Waals surface area contributed by atoms with Gasteiger partial charge in [-0.3, -0.25) is 0 Å². The number of aromatic nitrogens is 1. The molecule has 0 atom stereocenters. The Kier molecular flexibility index (Phi) is 2.49. The predicted octanol–water partition coefficient (Wildman–Crippen LogP) is 3.45. The summed E-state index contributed by atoms with van der Waals surface area (Å²) in [7, 11) is 0. The second-order valence-corrected chi connectivity index (χ2v) is 4.44. The lowest BCUT2D eigenvalue weighted by Crippen LogP contribution is -2.29. The van der Waals surface area contributed by atoms with Crippen molar-refractivity contribution in [1.29, 1.82) is 0 Å². The number of aryl methyl sites for hydroxylation is 1. The molecular weight excluding hydrogens is 222 g/mol. The van der Waals surface area contributed by atoms with Gasteiger partial charge in [-0.15, -0.1) is 0 Å². The van der Waals surface area contributed by atoms with Crippen molar-refractivity contribution in [2.75, 3.05) is 0 Å². The third-order valence-electron chi connectivity index (χ3n) is 3.11. The first-order valence-electron chi connectivity index (χ1n) is 5.94. The summed E-state index contributed by atoms with van der Waals surface area (Å²) in [6, 6.07) is 19.5. The van der Waals surface area contributed by atoms with E-state index in [-0.39, 0.29) is 0 Å². The molecule has 1 heterocycles. The van der Waals surface area contributed by atoms with Gasteiger partial charge in [-0.05, 0) is 31.2 Å². The van der Waals surface area contributed by atoms with Gasteiger partial charge in [-0.2, -0.15) is 4.73 Å². The molecule has 2 heteroatoms. The molecule has 2 aromatic carbocycles. The first kappa shape index (κ1) is 10.8. The second kappa shape index (κ2) is 4.15. The number of benzene rings is 2. The minimum absolute atomic E-state index is 0.692. The Morgan fingerprint density at radius 1 is 0.889 bits per heavy atom. The van der Waals surface area contributed by atoms with E-state index in [1.54, 1.807) is 0 Å². The molecule has 18 heavy (non-hydrogen) atoms. The van der Waals surface area contributed by atoms with Crippen molar-refractivity contribution in [2.45, 2.75) is 6.92 Å². The van der Waals surface area contributed by atoms with Crippen LogP contribution in [0.1, 0.15) is 5.56 Å². The summed E-state index contributed by atoms with van der Waals surface area (Å²) in [6.07, 6.45) is 0. The molecule has 0 amide bonds. The standard InChI is InChI=1S/C16H13NO/c1-12-5-4-7-14(11-12)16-10-9-13-6-2-3-8-15(13)17(16)18/h2-11H,1H3. The quantitative estimate of drug-likeness (QED) is 0.469. The maximum absolute atomic E-state index is 12.4. The average molecular weight is 235 g/mol. The number of hydrogen-bond donors (Lipinski definition) is 0. The molecule has 0 unspecified atom stereocenters. The van der Waals surface area contributed by atoms with E-state index in [0.717, 1.165) is 21.2 Å². The second-order valence-electron chi connectivity index (χ2n) is 4.44. The summed E-state index contributed by atoms with van der Waals surface area (Å²) in [4.78, 5) is 0. The zero-order chi connectivity index (χ0) is 12.5. The number of para-hydroxylation sites is 1. The zero-order valence-corrected chi connectivity index (χ0v) is 10.1. The smallest absolute Gasteiger partial charge is 0.224 e. The van der Waals surface area contributed by atoms with Crippen molar-refractivity contribution >= 4 is 10.9 Å². The zero-order valence-electron chi connectivity index (χ0n) is 10.1. The molecule has 0 aliphatic heterocycles. The lowest BCUT2D eigenvalue weighted by atomic mass is 10.1. The molecule has 2 nitrogen and oxygen atoms in total. The van der Waals surface area contributed by atoms with Crippen LogP contribution in [-0.4, -0.2) is 0 Å². The van der Waals surface area contributed by atoms with Crippen LogP contribution in [0.4, 0.5) is 0 Å². The molecule has 0 fully saturated rings. The maximum atomic E-state index is 12.4. The van der Waals surface area contributed by atoms with Gasteiger partial charge in [-0.1, -0.05) is 29.8 Å². The minimum atomic E-state index is 0.692. The number of fused-ring (bicyclic) bond motifs is 1. The van der Waals surface area contributed by atoms with E-state index in [4.69, 9.17) is 0 Å². The van der Waals surface area contributed by atoms with Crippen LogP contribution in [-0.2, 0) is 0 Å². The molecule has 0 aliphatic rings. The molecule has 88 valence electrons. The van der Waals surface area contributed by atoms with Gasteiger partial charge in [0.05, 0.1) is 0 Å². The van der Waals surface area contributed by atoms with Gasteiger partial charge >= 0.3 is 0 Å². The van der Waals surface area contributed by atoms with Gasteiger partial charge in [0, 0.05) is 23.1 Å². The highest BCUT2D eigenvalue weighted by Crippen LogP contribution is 2.19. The van der Waals surface area contributed by atoms with Crippen molar-refractivity contribution in [1.82, 2.24) is 0 Å². The van der Waals surface area contributed by atoms with Crippen LogP contribution in [0.3, 0.4) is 0 Å². The number of nitrogens with zero attached hydrogens (tertiary/aromatic N) is 1. The van der Waals surface area contributed by atoms with E-state index < -0.39 is 0 Å². The van der Waals surface area contributed by atoms with E-state index in [2.05, 4.69) is 0 Å². The molecule has 3 aromatic rings. The highest BCUT2D eigenvalue weighted by Gasteiger charge is 2.11. The Hall–Kier alpha value is -2.35. The molecular formula is C16H13NO. The van der Waals surface area contributed by atoms with Gasteiger partial charge in [0.25, 0.3) is 0 Å². The summed E-state index contributed by atoms with van der Waals surface area (Å²) in [6.45, 7) is 2.03. The van der Waals surface area contributed by atoms with E-state index >= 15 is 0 Å². The Labute approximate surface area is 106 Å². The van der Waals surface area contributed by atoms with Crippen LogP contribution in [0, 0.1) is 12.1 Å². The molecule has 0 aliphatic carbocycles. The third kappa shape index (κ3) is 1.72. The van der Waals surface area contributed by atoms with Crippen LogP contribution in [0.25, 0.3) is 22.2 Å². The van der Waals surface area contributed by atoms with E-state index in [9.17, 15) is 5.21 Å². The fourth-order valence-corrected chi connectivity index (χ4v) is 2.20. The summed E-state index contributed by atoms with van der Waals surface area (Å²) < 4.78 is 1.00. The van der Waals surface area contributed by atoms with E-state index in [1.165, 1.54) is 0 Å². The Balaban J connectivity index is 2.27. The van der Waals surface area contributed by atoms with Crippen molar-refractivity contribution in [2.24, 2.45) is 0 Å². The summed E-state index contributed by atoms with van der Waals surface area (Å²) >= 11 is 0. The highest BCUT2D eigenvalue weighted by molar-refractivity contribution is 5.77. The van der Waals surface area contributed by atoms with Crippen LogP contribution < -0.4 is 4.73 Å². The molecule has 0 radical (unpaired) electrons. The van der Waals surface area contributed by atoms with E-state index in [0.29, 0.717) is 11.2 Å². The van der Waals surface area contributed by atoms with Crippen molar-refractivity contribution in [3.05, 3.63) is 71.4 Å². The first-order chi connectivity index (χ1) is 8.75. The normalized spacial score (nSPS) is 10.7. The van der Waals surface area contributed by atoms with Gasteiger partial charge in [-0.25, -0.2) is 0 Å². The predicted molar refractivity (Wildman–Crippen MR) is 73.1 cm³/mol. The molecule has 0 saturated heterocycles. The highest BCUT2D eigenvalue weighted by atomic mass is 16.5. The van der Waals surface area contributed by atoms with Crippen molar-refractivity contribution in [3.63, 3.8) is 0 Å². The summed E-state index contributed by atoms with van der Waals surface area (Å²) in [5, 5.41) is 13.3. The van der Waals surface area contributed by atoms with Gasteiger partial charge in [0.1, 0.15) is 0 Å². The largest absolute Gasteiger partial charge is 0.618 e. The molecule has 0 saturated carbocycles. The molecule has 0 spiro atoms. The summed E-state index contributed by atoms with van der Waals surface area (Å²) in [5.74, 6) is 0. The Bertz CT molecular complexity index is 719. The molecule has 0 bridgehead atoms. The lowest BCUT2D eigenvalue weighted by molar-refractivity contribution is -0.565. The number of rotatable bonds is 1. The fraction of sp³-hybridized carbons (Fsp3) is 0.0625. The monoisotopic (exact) mass is 235 g/mol. The Morgan fingerprint density at radius 3 is 2.56 bits per heavy atom. The number of hydrogen-bond acceptors (Lipinski definition) is 1. The van der Waals surface area contributed by atoms with Gasteiger partial charge < -0.3 is 5.21 Å². The summed E-state index contributed by atoms with van der Waals surface area (Å²) in [5.41, 5.74) is 3.50. The van der Waals surface area contributed by atoms with Crippen molar-refractivity contribution in [3.8, 4) is 11.3 Å². The maximum Gasteiger partial charge on any atom is 0.224 e. The fourth-order valence-electron chi connectivity index (χ4n) is 2.20. The van der Waals surface area contributed by atoms with Gasteiger partial charge in [0.15, 0.2) is 0 Å². The van der Waals surface area contributed by atoms with Crippen molar-refractivity contribution < 1.29 is 4.73 Å². The Morgan fingerprint density at radius 2 is 1.72 bits per heavy atom. The molecule has 3 rings (SSSR count). The average Bonchev–Trinajstić information content (AvgIpc) is 2.39. The lowest BCUT2D eigenvalue weighted by Gasteiger charge is -2.07. The molecule has 0 N–H and O–H groups in total. The van der Waals surface area contributed by atoms with Crippen LogP contribution >= 0.6 is 0 Å². The number of pyridine rings is 1. The first-order valence-corrected chi connectivity index (χ1v) is 5.94. The topological polar surface area (TPSA) is 26.9 Å². The van der Waals surface area contributed by atoms with E-state index in [1.807, 2.05) is 67.6 Å². The van der Waals surface area contributed by atoms with Crippen LogP contribution in [0.15, 0.2) is 60.7 Å². The molecule has 1 aromatic heterocycles.